The summed E-state index contributed by atoms with van der Waals surface area (Å²) in [6.07, 6.45) is 5.47. The van der Waals surface area contributed by atoms with E-state index in [1.165, 1.54) is 6.26 Å². The van der Waals surface area contributed by atoms with Crippen molar-refractivity contribution in [1.29, 1.82) is 0 Å². The lowest BCUT2D eigenvalue weighted by molar-refractivity contribution is 0.0714. The summed E-state index contributed by atoms with van der Waals surface area (Å²) < 4.78 is 16.1. The molecule has 132 valence electrons. The van der Waals surface area contributed by atoms with Gasteiger partial charge in [0.05, 0.1) is 13.2 Å². The van der Waals surface area contributed by atoms with Gasteiger partial charge in [-0.2, -0.15) is 0 Å². The molecule has 0 unspecified atom stereocenters. The Labute approximate surface area is 147 Å². The predicted molar refractivity (Wildman–Crippen MR) is 92.6 cm³/mol. The van der Waals surface area contributed by atoms with E-state index in [0.29, 0.717) is 29.8 Å². The summed E-state index contributed by atoms with van der Waals surface area (Å²) in [7, 11) is 1.61. The standard InChI is InChI=1S/C19H22N2O4/c1-13(2)17-5-4-10-21(17)19(22)16-11-25-18(20-16)12-24-15-8-6-14(23-3)7-9-15/h4-9,11,13,17H,10,12H2,1-3H3/t17-/m0/s1. The van der Waals surface area contributed by atoms with Crippen molar-refractivity contribution < 1.29 is 18.7 Å². The fraction of sp³-hybridized carbons (Fsp3) is 0.368. The lowest BCUT2D eigenvalue weighted by Gasteiger charge is -2.26. The Morgan fingerprint density at radius 3 is 2.72 bits per heavy atom. The Hall–Kier alpha value is -2.76. The van der Waals surface area contributed by atoms with E-state index in [1.807, 2.05) is 18.2 Å². The fourth-order valence-electron chi connectivity index (χ4n) is 2.78. The van der Waals surface area contributed by atoms with Gasteiger partial charge in [-0.3, -0.25) is 4.79 Å². The van der Waals surface area contributed by atoms with Gasteiger partial charge < -0.3 is 18.8 Å². The quantitative estimate of drug-likeness (QED) is 0.754. The van der Waals surface area contributed by atoms with Gasteiger partial charge in [0.15, 0.2) is 12.3 Å². The summed E-state index contributed by atoms with van der Waals surface area (Å²) >= 11 is 0. The molecule has 0 fully saturated rings. The van der Waals surface area contributed by atoms with Crippen molar-refractivity contribution in [2.24, 2.45) is 5.92 Å². The van der Waals surface area contributed by atoms with Crippen molar-refractivity contribution in [3.8, 4) is 11.5 Å². The van der Waals surface area contributed by atoms with Gasteiger partial charge in [0.1, 0.15) is 17.8 Å². The second-order valence-electron chi connectivity index (χ2n) is 6.21. The fourth-order valence-corrected chi connectivity index (χ4v) is 2.78. The van der Waals surface area contributed by atoms with Crippen LogP contribution in [0.15, 0.2) is 47.1 Å². The molecule has 1 aromatic carbocycles. The first-order valence-corrected chi connectivity index (χ1v) is 8.27. The number of carbonyl (C=O) groups excluding carboxylic acids is 1. The smallest absolute Gasteiger partial charge is 0.276 e. The molecular formula is C19H22N2O4. The number of benzene rings is 1. The minimum absolute atomic E-state index is 0.100. The Bertz CT molecular complexity index is 749. The summed E-state index contributed by atoms with van der Waals surface area (Å²) in [5.41, 5.74) is 0.308. The molecule has 6 heteroatoms. The van der Waals surface area contributed by atoms with Crippen molar-refractivity contribution in [2.45, 2.75) is 26.5 Å². The molecule has 0 saturated carbocycles. The molecule has 1 aromatic heterocycles. The van der Waals surface area contributed by atoms with Crippen molar-refractivity contribution in [2.75, 3.05) is 13.7 Å². The number of amides is 1. The molecule has 25 heavy (non-hydrogen) atoms. The number of aromatic nitrogens is 1. The molecule has 0 aliphatic carbocycles. The van der Waals surface area contributed by atoms with Gasteiger partial charge >= 0.3 is 0 Å². The van der Waals surface area contributed by atoms with E-state index in [4.69, 9.17) is 13.9 Å². The number of hydrogen-bond donors (Lipinski definition) is 0. The summed E-state index contributed by atoms with van der Waals surface area (Å²) in [5.74, 6) is 2.04. The molecule has 0 spiro atoms. The van der Waals surface area contributed by atoms with Crippen LogP contribution in [0.5, 0.6) is 11.5 Å². The SMILES string of the molecule is COc1ccc(OCc2nc(C(=O)N3CC=C[C@H]3C(C)C)co2)cc1. The van der Waals surface area contributed by atoms with Crippen LogP contribution in [-0.2, 0) is 6.61 Å². The third kappa shape index (κ3) is 3.84. The topological polar surface area (TPSA) is 64.8 Å². The van der Waals surface area contributed by atoms with Crippen LogP contribution in [0.1, 0.15) is 30.2 Å². The van der Waals surface area contributed by atoms with E-state index in [9.17, 15) is 4.79 Å². The number of methoxy groups -OCH3 is 1. The van der Waals surface area contributed by atoms with Gasteiger partial charge in [-0.15, -0.1) is 0 Å². The highest BCUT2D eigenvalue weighted by Gasteiger charge is 2.29. The first-order valence-electron chi connectivity index (χ1n) is 8.27. The van der Waals surface area contributed by atoms with Crippen LogP contribution in [0.3, 0.4) is 0 Å². The maximum absolute atomic E-state index is 12.6. The minimum Gasteiger partial charge on any atom is -0.497 e. The molecule has 0 bridgehead atoms. The van der Waals surface area contributed by atoms with Crippen LogP contribution in [0, 0.1) is 5.92 Å². The van der Waals surface area contributed by atoms with E-state index in [-0.39, 0.29) is 18.6 Å². The first kappa shape index (κ1) is 17.1. The van der Waals surface area contributed by atoms with E-state index in [2.05, 4.69) is 24.9 Å². The summed E-state index contributed by atoms with van der Waals surface area (Å²) in [5, 5.41) is 0. The van der Waals surface area contributed by atoms with Crippen LogP contribution in [0.25, 0.3) is 0 Å². The highest BCUT2D eigenvalue weighted by Crippen LogP contribution is 2.21. The maximum Gasteiger partial charge on any atom is 0.276 e. The molecule has 2 heterocycles. The van der Waals surface area contributed by atoms with Crippen molar-refractivity contribution in [3.05, 3.63) is 54.3 Å². The van der Waals surface area contributed by atoms with Crippen LogP contribution in [-0.4, -0.2) is 35.5 Å². The number of oxazole rings is 1. The largest absolute Gasteiger partial charge is 0.497 e. The average Bonchev–Trinajstić information content (AvgIpc) is 3.29. The number of carbonyl (C=O) groups is 1. The molecule has 1 amide bonds. The van der Waals surface area contributed by atoms with Gasteiger partial charge in [-0.25, -0.2) is 4.98 Å². The molecule has 1 atom stereocenters. The maximum atomic E-state index is 12.6. The van der Waals surface area contributed by atoms with E-state index >= 15 is 0 Å². The van der Waals surface area contributed by atoms with Crippen LogP contribution in [0.2, 0.25) is 0 Å². The average molecular weight is 342 g/mol. The predicted octanol–water partition coefficient (Wildman–Crippen LogP) is 3.30. The van der Waals surface area contributed by atoms with Crippen LogP contribution >= 0.6 is 0 Å². The van der Waals surface area contributed by atoms with E-state index in [1.54, 1.807) is 24.1 Å². The zero-order valence-corrected chi connectivity index (χ0v) is 14.6. The van der Waals surface area contributed by atoms with E-state index in [0.717, 1.165) is 5.75 Å². The molecule has 1 aliphatic rings. The molecule has 6 nitrogen and oxygen atoms in total. The highest BCUT2D eigenvalue weighted by atomic mass is 16.5. The molecular weight excluding hydrogens is 320 g/mol. The second-order valence-corrected chi connectivity index (χ2v) is 6.21. The normalized spacial score (nSPS) is 16.5. The molecule has 1 aliphatic heterocycles. The van der Waals surface area contributed by atoms with Gasteiger partial charge in [-0.05, 0) is 30.2 Å². The van der Waals surface area contributed by atoms with Crippen molar-refractivity contribution >= 4 is 5.91 Å². The summed E-state index contributed by atoms with van der Waals surface area (Å²) in [6.45, 7) is 4.95. The lowest BCUT2D eigenvalue weighted by Crippen LogP contribution is -2.39. The highest BCUT2D eigenvalue weighted by molar-refractivity contribution is 5.92. The number of nitrogens with zero attached hydrogens (tertiary/aromatic N) is 2. The Morgan fingerprint density at radius 1 is 1.32 bits per heavy atom. The molecule has 2 aromatic rings. The monoisotopic (exact) mass is 342 g/mol. The van der Waals surface area contributed by atoms with Crippen LogP contribution < -0.4 is 9.47 Å². The Balaban J connectivity index is 1.61. The van der Waals surface area contributed by atoms with Gasteiger partial charge in [0, 0.05) is 6.54 Å². The summed E-state index contributed by atoms with van der Waals surface area (Å²) in [6, 6.07) is 7.33. The third-order valence-corrected chi connectivity index (χ3v) is 4.13. The van der Waals surface area contributed by atoms with Crippen molar-refractivity contribution in [3.63, 3.8) is 0 Å². The molecule has 3 rings (SSSR count). The van der Waals surface area contributed by atoms with Crippen LogP contribution in [0.4, 0.5) is 0 Å². The second kappa shape index (κ2) is 7.42. The number of ether oxygens (including phenoxy) is 2. The van der Waals surface area contributed by atoms with Gasteiger partial charge in [0.2, 0.25) is 5.89 Å². The van der Waals surface area contributed by atoms with Gasteiger partial charge in [-0.1, -0.05) is 26.0 Å². The summed E-state index contributed by atoms with van der Waals surface area (Å²) in [4.78, 5) is 18.7. The lowest BCUT2D eigenvalue weighted by atomic mass is 10.0. The van der Waals surface area contributed by atoms with Crippen molar-refractivity contribution in [1.82, 2.24) is 9.88 Å². The first-order chi connectivity index (χ1) is 12.1. The van der Waals surface area contributed by atoms with E-state index < -0.39 is 0 Å². The number of rotatable bonds is 6. The zero-order chi connectivity index (χ0) is 17.8. The molecule has 0 radical (unpaired) electrons. The molecule has 0 saturated heterocycles. The zero-order valence-electron chi connectivity index (χ0n) is 14.6. The minimum atomic E-state index is -0.122. The number of hydrogen-bond acceptors (Lipinski definition) is 5. The van der Waals surface area contributed by atoms with Gasteiger partial charge in [0.25, 0.3) is 5.91 Å². The third-order valence-electron chi connectivity index (χ3n) is 4.13. The molecule has 0 N–H and O–H groups in total. The Morgan fingerprint density at radius 2 is 2.04 bits per heavy atom. The Kier molecular flexibility index (Phi) is 5.07.